The highest BCUT2D eigenvalue weighted by molar-refractivity contribution is 5.92. The van der Waals surface area contributed by atoms with Crippen LogP contribution in [-0.2, 0) is 4.79 Å². The summed E-state index contributed by atoms with van der Waals surface area (Å²) in [6.07, 6.45) is 4.21. The zero-order valence-corrected chi connectivity index (χ0v) is 14.5. The molecule has 7 heteroatoms. The summed E-state index contributed by atoms with van der Waals surface area (Å²) in [4.78, 5) is 19.5. The molecule has 7 nitrogen and oxygen atoms in total. The van der Waals surface area contributed by atoms with E-state index in [0.717, 1.165) is 48.2 Å². The van der Waals surface area contributed by atoms with E-state index in [9.17, 15) is 15.2 Å². The Morgan fingerprint density at radius 1 is 1.54 bits per heavy atom. The van der Waals surface area contributed by atoms with Gasteiger partial charge in [-0.05, 0) is 37.3 Å². The summed E-state index contributed by atoms with van der Waals surface area (Å²) in [6.45, 7) is 2.96. The van der Waals surface area contributed by atoms with Crippen molar-refractivity contribution in [1.29, 1.82) is 5.26 Å². The maximum absolute atomic E-state index is 12.2. The number of pyridine rings is 1. The molecule has 0 saturated heterocycles. The molecule has 26 heavy (non-hydrogen) atoms. The number of hydrogen-bond acceptors (Lipinski definition) is 6. The molecule has 2 aromatic heterocycles. The molecule has 3 heterocycles. The molecule has 0 saturated carbocycles. The second kappa shape index (κ2) is 6.56. The smallest absolute Gasteiger partial charge is 0.181 e. The maximum Gasteiger partial charge on any atom is 0.181 e. The number of anilines is 1. The first-order chi connectivity index (χ1) is 12.6. The van der Waals surface area contributed by atoms with Crippen molar-refractivity contribution in [2.45, 2.75) is 31.9 Å². The van der Waals surface area contributed by atoms with Crippen LogP contribution in [0.15, 0.2) is 29.6 Å². The molecule has 2 aromatic rings. The fourth-order valence-electron chi connectivity index (χ4n) is 4.05. The van der Waals surface area contributed by atoms with Crippen molar-refractivity contribution < 1.29 is 9.90 Å². The molecule has 4 N–H and O–H groups in total. The second-order valence-electron chi connectivity index (χ2n) is 7.07. The molecule has 0 bridgehead atoms. The maximum atomic E-state index is 12.2. The third-order valence-electron chi connectivity index (χ3n) is 5.34. The number of nitrogens with zero attached hydrogens (tertiary/aromatic N) is 2. The van der Waals surface area contributed by atoms with Gasteiger partial charge >= 0.3 is 0 Å². The number of Topliss-reactive ketones (excluding diaryl/α,β-unsaturated/α-hetero) is 1. The molecule has 0 fully saturated rings. The van der Waals surface area contributed by atoms with Gasteiger partial charge in [-0.15, -0.1) is 0 Å². The summed E-state index contributed by atoms with van der Waals surface area (Å²) < 4.78 is 0. The summed E-state index contributed by atoms with van der Waals surface area (Å²) in [6, 6.07) is 3.77. The normalized spacial score (nSPS) is 23.1. The van der Waals surface area contributed by atoms with Gasteiger partial charge in [0.1, 0.15) is 17.8 Å². The Balaban J connectivity index is 1.46. The minimum Gasteiger partial charge on any atom is -0.386 e. The van der Waals surface area contributed by atoms with Crippen LogP contribution in [0.1, 0.15) is 25.3 Å². The highest BCUT2D eigenvalue weighted by Gasteiger charge is 2.37. The number of aliphatic hydroxyl groups is 1. The minimum atomic E-state index is -0.951. The SMILES string of the molecule is C[C@H](O)C(=O)[C@H]1NCC2=C1C[C@@H](CNc1c(C#N)cnc3[nH]ccc13)C2. The average Bonchev–Trinajstić information content (AvgIpc) is 3.33. The quantitative estimate of drug-likeness (QED) is 0.607. The topological polar surface area (TPSA) is 114 Å². The number of rotatable bonds is 5. The van der Waals surface area contributed by atoms with E-state index in [1.165, 1.54) is 12.5 Å². The van der Waals surface area contributed by atoms with E-state index in [4.69, 9.17) is 0 Å². The Hall–Kier alpha value is -2.69. The van der Waals surface area contributed by atoms with Crippen molar-refractivity contribution in [1.82, 2.24) is 15.3 Å². The molecule has 4 rings (SSSR count). The number of nitrogens with one attached hydrogen (secondary N) is 3. The zero-order valence-electron chi connectivity index (χ0n) is 14.5. The molecule has 0 spiro atoms. The van der Waals surface area contributed by atoms with Crippen LogP contribution >= 0.6 is 0 Å². The summed E-state index contributed by atoms with van der Waals surface area (Å²) >= 11 is 0. The van der Waals surface area contributed by atoms with Gasteiger partial charge < -0.3 is 20.7 Å². The van der Waals surface area contributed by atoms with Gasteiger partial charge in [-0.3, -0.25) is 4.79 Å². The van der Waals surface area contributed by atoms with Crippen molar-refractivity contribution in [2.75, 3.05) is 18.4 Å². The highest BCUT2D eigenvalue weighted by Crippen LogP contribution is 2.37. The molecule has 134 valence electrons. The summed E-state index contributed by atoms with van der Waals surface area (Å²) in [7, 11) is 0. The number of carbonyl (C=O) groups is 1. The molecule has 3 atom stereocenters. The van der Waals surface area contributed by atoms with E-state index in [-0.39, 0.29) is 11.8 Å². The van der Waals surface area contributed by atoms with Gasteiger partial charge in [-0.1, -0.05) is 5.57 Å². The lowest BCUT2D eigenvalue weighted by Gasteiger charge is -2.19. The number of aliphatic hydroxyl groups excluding tert-OH is 1. The first-order valence-corrected chi connectivity index (χ1v) is 8.84. The monoisotopic (exact) mass is 351 g/mol. The standard InChI is InChI=1S/C19H21N5O2/c1-10(25)18(26)17-15-5-11(4-12(15)8-23-17)7-22-16-13(6-20)9-24-19-14(16)2-3-21-19/h2-3,9-11,17,23,25H,4-5,7-8H2,1H3,(H2,21,22,24)/t10-,11-,17-/m0/s1. The third-order valence-corrected chi connectivity index (χ3v) is 5.34. The van der Waals surface area contributed by atoms with Gasteiger partial charge in [-0.25, -0.2) is 4.98 Å². The Bertz CT molecular complexity index is 937. The lowest BCUT2D eigenvalue weighted by Crippen LogP contribution is -2.40. The number of H-pyrrole nitrogens is 1. The molecular weight excluding hydrogens is 330 g/mol. The van der Waals surface area contributed by atoms with Crippen molar-refractivity contribution in [2.24, 2.45) is 5.92 Å². The van der Waals surface area contributed by atoms with Crippen LogP contribution in [0.25, 0.3) is 11.0 Å². The number of aromatic amines is 1. The molecule has 1 aliphatic carbocycles. The van der Waals surface area contributed by atoms with Crippen LogP contribution in [-0.4, -0.2) is 46.1 Å². The van der Waals surface area contributed by atoms with Gasteiger partial charge in [0.25, 0.3) is 0 Å². The average molecular weight is 351 g/mol. The number of nitriles is 1. The Morgan fingerprint density at radius 3 is 3.15 bits per heavy atom. The number of ketones is 1. The van der Waals surface area contributed by atoms with E-state index in [0.29, 0.717) is 11.5 Å². The predicted molar refractivity (Wildman–Crippen MR) is 97.5 cm³/mol. The Labute approximate surface area is 151 Å². The van der Waals surface area contributed by atoms with Gasteiger partial charge in [0.2, 0.25) is 0 Å². The number of aromatic nitrogens is 2. The minimum absolute atomic E-state index is 0.154. The van der Waals surface area contributed by atoms with Gasteiger partial charge in [-0.2, -0.15) is 5.26 Å². The third kappa shape index (κ3) is 2.77. The van der Waals surface area contributed by atoms with Crippen LogP contribution in [0.2, 0.25) is 0 Å². The molecule has 2 aliphatic rings. The van der Waals surface area contributed by atoms with Crippen molar-refractivity contribution in [3.63, 3.8) is 0 Å². The van der Waals surface area contributed by atoms with Gasteiger partial charge in [0.05, 0.1) is 17.3 Å². The summed E-state index contributed by atoms with van der Waals surface area (Å²) in [5.74, 6) is 0.221. The van der Waals surface area contributed by atoms with Crippen LogP contribution in [0.4, 0.5) is 5.69 Å². The Kier molecular flexibility index (Phi) is 4.23. The van der Waals surface area contributed by atoms with Gasteiger partial charge in [0, 0.05) is 30.9 Å². The van der Waals surface area contributed by atoms with Crippen molar-refractivity contribution >= 4 is 22.5 Å². The second-order valence-corrected chi connectivity index (χ2v) is 7.07. The van der Waals surface area contributed by atoms with Crippen molar-refractivity contribution in [3.05, 3.63) is 35.2 Å². The van der Waals surface area contributed by atoms with Crippen LogP contribution in [0.5, 0.6) is 0 Å². The van der Waals surface area contributed by atoms with E-state index in [1.807, 2.05) is 12.3 Å². The lowest BCUT2D eigenvalue weighted by molar-refractivity contribution is -0.127. The van der Waals surface area contributed by atoms with Gasteiger partial charge in [0.15, 0.2) is 5.78 Å². The van der Waals surface area contributed by atoms with Crippen LogP contribution in [0, 0.1) is 17.2 Å². The largest absolute Gasteiger partial charge is 0.386 e. The number of hydrogen-bond donors (Lipinski definition) is 4. The fraction of sp³-hybridized carbons (Fsp3) is 0.421. The first-order valence-electron chi connectivity index (χ1n) is 8.84. The molecule has 0 unspecified atom stereocenters. The van der Waals surface area contributed by atoms with Crippen molar-refractivity contribution in [3.8, 4) is 6.07 Å². The van der Waals surface area contributed by atoms with Crippen LogP contribution in [0.3, 0.4) is 0 Å². The zero-order chi connectivity index (χ0) is 18.3. The van der Waals surface area contributed by atoms with Crippen LogP contribution < -0.4 is 10.6 Å². The van der Waals surface area contributed by atoms with E-state index in [2.05, 4.69) is 26.7 Å². The summed E-state index contributed by atoms with van der Waals surface area (Å²) in [5.41, 5.74) is 4.52. The lowest BCUT2D eigenvalue weighted by atomic mass is 9.97. The molecular formula is C19H21N5O2. The molecule has 0 radical (unpaired) electrons. The first kappa shape index (κ1) is 16.8. The predicted octanol–water partition coefficient (Wildman–Crippen LogP) is 1.47. The summed E-state index contributed by atoms with van der Waals surface area (Å²) in [5, 5.41) is 26.5. The van der Waals surface area contributed by atoms with E-state index < -0.39 is 6.10 Å². The number of fused-ring (bicyclic) bond motifs is 1. The highest BCUT2D eigenvalue weighted by atomic mass is 16.3. The number of carbonyl (C=O) groups excluding carboxylic acids is 1. The fourth-order valence-corrected chi connectivity index (χ4v) is 4.05. The Morgan fingerprint density at radius 2 is 2.38 bits per heavy atom. The molecule has 0 amide bonds. The van der Waals surface area contributed by atoms with E-state index in [1.54, 1.807) is 6.20 Å². The molecule has 0 aromatic carbocycles. The van der Waals surface area contributed by atoms with E-state index >= 15 is 0 Å². The molecule has 1 aliphatic heterocycles.